The number of nitrogens with one attached hydrogen (secondary N) is 1. The summed E-state index contributed by atoms with van der Waals surface area (Å²) in [5.74, 6) is 0.701. The molecule has 5 nitrogen and oxygen atoms in total. The number of benzene rings is 1. The first kappa shape index (κ1) is 15.1. The van der Waals surface area contributed by atoms with Crippen LogP contribution in [0.25, 0.3) is 0 Å². The normalized spacial score (nSPS) is 22.5. The molecule has 0 saturated carbocycles. The first-order valence-corrected chi connectivity index (χ1v) is 7.34. The predicted molar refractivity (Wildman–Crippen MR) is 81.3 cm³/mol. The van der Waals surface area contributed by atoms with Crippen LogP contribution in [0.3, 0.4) is 0 Å². The standard InChI is InChI=1S/C14H19BrN2O3/c1-9-7-17(8-10(2)20-9)14(18)16-13-6-11(19-3)4-5-12(13)15/h4-6,9-10H,7-8H2,1-3H3,(H,16,18)/t9-,10-/m0/s1. The number of halogens is 1. The van der Waals surface area contributed by atoms with Crippen LogP contribution in [0.4, 0.5) is 10.5 Å². The van der Waals surface area contributed by atoms with E-state index in [2.05, 4.69) is 21.2 Å². The van der Waals surface area contributed by atoms with Gasteiger partial charge in [0.05, 0.1) is 25.0 Å². The average molecular weight is 343 g/mol. The van der Waals surface area contributed by atoms with Crippen molar-refractivity contribution in [1.82, 2.24) is 4.90 Å². The maximum Gasteiger partial charge on any atom is 0.322 e. The maximum absolute atomic E-state index is 12.3. The molecule has 6 heteroatoms. The van der Waals surface area contributed by atoms with Gasteiger partial charge < -0.3 is 19.7 Å². The van der Waals surface area contributed by atoms with E-state index in [9.17, 15) is 4.79 Å². The fourth-order valence-corrected chi connectivity index (χ4v) is 2.61. The summed E-state index contributed by atoms with van der Waals surface area (Å²) in [4.78, 5) is 14.1. The zero-order valence-corrected chi connectivity index (χ0v) is 13.4. The monoisotopic (exact) mass is 342 g/mol. The van der Waals surface area contributed by atoms with E-state index >= 15 is 0 Å². The van der Waals surface area contributed by atoms with Crippen LogP contribution in [0, 0.1) is 0 Å². The molecule has 0 bridgehead atoms. The summed E-state index contributed by atoms with van der Waals surface area (Å²) in [6, 6.07) is 5.34. The third-order valence-corrected chi connectivity index (χ3v) is 3.81. The Hall–Kier alpha value is -1.27. The highest BCUT2D eigenvalue weighted by molar-refractivity contribution is 9.10. The zero-order valence-electron chi connectivity index (χ0n) is 11.9. The molecule has 2 rings (SSSR count). The van der Waals surface area contributed by atoms with E-state index < -0.39 is 0 Å². The lowest BCUT2D eigenvalue weighted by Crippen LogP contribution is -2.49. The first-order valence-electron chi connectivity index (χ1n) is 6.54. The fraction of sp³-hybridized carbons (Fsp3) is 0.500. The number of anilines is 1. The number of carbonyl (C=O) groups is 1. The molecule has 0 unspecified atom stereocenters. The lowest BCUT2D eigenvalue weighted by atomic mass is 10.2. The number of rotatable bonds is 2. The van der Waals surface area contributed by atoms with Crippen molar-refractivity contribution in [2.45, 2.75) is 26.1 Å². The van der Waals surface area contributed by atoms with E-state index in [-0.39, 0.29) is 18.2 Å². The van der Waals surface area contributed by atoms with Gasteiger partial charge in [-0.15, -0.1) is 0 Å². The molecule has 1 aromatic rings. The van der Waals surface area contributed by atoms with E-state index in [0.717, 1.165) is 4.47 Å². The van der Waals surface area contributed by atoms with Gasteiger partial charge in [-0.25, -0.2) is 4.79 Å². The molecule has 2 atom stereocenters. The minimum atomic E-state index is -0.124. The summed E-state index contributed by atoms with van der Waals surface area (Å²) in [5.41, 5.74) is 0.696. The molecule has 1 heterocycles. The van der Waals surface area contributed by atoms with Crippen molar-refractivity contribution in [2.75, 3.05) is 25.5 Å². The summed E-state index contributed by atoms with van der Waals surface area (Å²) >= 11 is 3.42. The molecule has 1 N–H and O–H groups in total. The summed E-state index contributed by atoms with van der Waals surface area (Å²) in [7, 11) is 1.60. The van der Waals surface area contributed by atoms with Gasteiger partial charge in [0.2, 0.25) is 0 Å². The summed E-state index contributed by atoms with van der Waals surface area (Å²) in [6.45, 7) is 5.13. The van der Waals surface area contributed by atoms with Crippen LogP contribution in [0.2, 0.25) is 0 Å². The van der Waals surface area contributed by atoms with Gasteiger partial charge in [0, 0.05) is 23.6 Å². The maximum atomic E-state index is 12.3. The van der Waals surface area contributed by atoms with Crippen molar-refractivity contribution in [3.63, 3.8) is 0 Å². The number of hydrogen-bond donors (Lipinski definition) is 1. The molecule has 1 aliphatic heterocycles. The smallest absolute Gasteiger partial charge is 0.322 e. The van der Waals surface area contributed by atoms with Gasteiger partial charge in [-0.3, -0.25) is 0 Å². The predicted octanol–water partition coefficient (Wildman–Crippen LogP) is 3.10. The van der Waals surface area contributed by atoms with Crippen molar-refractivity contribution in [3.05, 3.63) is 22.7 Å². The number of urea groups is 1. The highest BCUT2D eigenvalue weighted by Gasteiger charge is 2.26. The Morgan fingerprint density at radius 2 is 2.05 bits per heavy atom. The van der Waals surface area contributed by atoms with Crippen LogP contribution in [0.15, 0.2) is 22.7 Å². The number of methoxy groups -OCH3 is 1. The van der Waals surface area contributed by atoms with Crippen LogP contribution < -0.4 is 10.1 Å². The molecule has 1 aromatic carbocycles. The molecule has 0 radical (unpaired) electrons. The number of nitrogens with zero attached hydrogens (tertiary/aromatic N) is 1. The quantitative estimate of drug-likeness (QED) is 0.898. The molecule has 1 saturated heterocycles. The Kier molecular flexibility index (Phi) is 4.88. The molecule has 1 aliphatic rings. The summed E-state index contributed by atoms with van der Waals surface area (Å²) in [6.07, 6.45) is 0.108. The second-order valence-corrected chi connectivity index (χ2v) is 5.79. The van der Waals surface area contributed by atoms with Gasteiger partial charge in [-0.2, -0.15) is 0 Å². The third kappa shape index (κ3) is 3.64. The van der Waals surface area contributed by atoms with E-state index in [1.807, 2.05) is 26.0 Å². The molecule has 0 aromatic heterocycles. The number of ether oxygens (including phenoxy) is 2. The van der Waals surface area contributed by atoms with Gasteiger partial charge in [0.25, 0.3) is 0 Å². The number of hydrogen-bond acceptors (Lipinski definition) is 3. The average Bonchev–Trinajstić information content (AvgIpc) is 2.40. The van der Waals surface area contributed by atoms with Crippen molar-refractivity contribution < 1.29 is 14.3 Å². The van der Waals surface area contributed by atoms with Gasteiger partial charge in [0.1, 0.15) is 5.75 Å². The SMILES string of the molecule is COc1ccc(Br)c(NC(=O)N2C[C@H](C)O[C@@H](C)C2)c1. The van der Waals surface area contributed by atoms with Crippen molar-refractivity contribution in [2.24, 2.45) is 0 Å². The van der Waals surface area contributed by atoms with E-state index in [4.69, 9.17) is 9.47 Å². The van der Waals surface area contributed by atoms with E-state index in [1.165, 1.54) is 0 Å². The zero-order chi connectivity index (χ0) is 14.7. The molecular weight excluding hydrogens is 324 g/mol. The Morgan fingerprint density at radius 3 is 2.65 bits per heavy atom. The minimum Gasteiger partial charge on any atom is -0.497 e. The van der Waals surface area contributed by atoms with Crippen molar-refractivity contribution in [1.29, 1.82) is 0 Å². The van der Waals surface area contributed by atoms with E-state index in [1.54, 1.807) is 18.1 Å². The second kappa shape index (κ2) is 6.45. The van der Waals surface area contributed by atoms with Crippen LogP contribution in [-0.4, -0.2) is 43.3 Å². The lowest BCUT2D eigenvalue weighted by Gasteiger charge is -2.35. The molecule has 0 aliphatic carbocycles. The summed E-state index contributed by atoms with van der Waals surface area (Å²) in [5, 5.41) is 2.90. The largest absolute Gasteiger partial charge is 0.497 e. The Labute approximate surface area is 127 Å². The van der Waals surface area contributed by atoms with Crippen LogP contribution in [0.5, 0.6) is 5.75 Å². The highest BCUT2D eigenvalue weighted by Crippen LogP contribution is 2.27. The Bertz CT molecular complexity index is 485. The molecular formula is C14H19BrN2O3. The third-order valence-electron chi connectivity index (χ3n) is 3.12. The molecule has 1 fully saturated rings. The number of morpholine rings is 1. The molecule has 20 heavy (non-hydrogen) atoms. The molecule has 110 valence electrons. The minimum absolute atomic E-state index is 0.0539. The lowest BCUT2D eigenvalue weighted by molar-refractivity contribution is -0.0530. The number of carbonyl (C=O) groups excluding carboxylic acids is 1. The highest BCUT2D eigenvalue weighted by atomic mass is 79.9. The van der Waals surface area contributed by atoms with Crippen molar-refractivity contribution in [3.8, 4) is 5.75 Å². The molecule has 2 amide bonds. The second-order valence-electron chi connectivity index (χ2n) is 4.94. The first-order chi connectivity index (χ1) is 9.49. The number of amides is 2. The van der Waals surface area contributed by atoms with Gasteiger partial charge in [0.15, 0.2) is 0 Å². The Morgan fingerprint density at radius 1 is 1.40 bits per heavy atom. The van der Waals surface area contributed by atoms with Crippen molar-refractivity contribution >= 4 is 27.6 Å². The van der Waals surface area contributed by atoms with Gasteiger partial charge in [-0.05, 0) is 41.9 Å². The fourth-order valence-electron chi connectivity index (χ4n) is 2.27. The molecule has 0 spiro atoms. The topological polar surface area (TPSA) is 50.8 Å². The van der Waals surface area contributed by atoms with E-state index in [0.29, 0.717) is 24.5 Å². The van der Waals surface area contributed by atoms with Crippen LogP contribution in [-0.2, 0) is 4.74 Å². The summed E-state index contributed by atoms with van der Waals surface area (Å²) < 4.78 is 11.6. The van der Waals surface area contributed by atoms with Gasteiger partial charge >= 0.3 is 6.03 Å². The Balaban J connectivity index is 2.07. The van der Waals surface area contributed by atoms with Crippen LogP contribution >= 0.6 is 15.9 Å². The van der Waals surface area contributed by atoms with Gasteiger partial charge in [-0.1, -0.05) is 0 Å². The van der Waals surface area contributed by atoms with Crippen LogP contribution in [0.1, 0.15) is 13.8 Å².